The van der Waals surface area contributed by atoms with E-state index in [0.29, 0.717) is 0 Å². The number of pyridine rings is 1. The van der Waals surface area contributed by atoms with E-state index in [0.717, 1.165) is 34.8 Å². The number of aromatic nitrogens is 1. The molecular formula is C18H27Cl2N3O. The fourth-order valence-corrected chi connectivity index (χ4v) is 3.20. The van der Waals surface area contributed by atoms with Gasteiger partial charge in [0.1, 0.15) is 5.75 Å². The van der Waals surface area contributed by atoms with Crippen molar-refractivity contribution in [1.82, 2.24) is 10.3 Å². The van der Waals surface area contributed by atoms with Gasteiger partial charge < -0.3 is 15.4 Å². The van der Waals surface area contributed by atoms with Crippen LogP contribution in [0, 0.1) is 5.92 Å². The topological polar surface area (TPSA) is 46.2 Å². The molecule has 0 unspecified atom stereocenters. The normalized spacial score (nSPS) is 14.5. The number of nitrogens with zero attached hydrogens (tertiary/aromatic N) is 1. The predicted molar refractivity (Wildman–Crippen MR) is 106 cm³/mol. The van der Waals surface area contributed by atoms with Crippen molar-refractivity contribution >= 4 is 41.4 Å². The Labute approximate surface area is 156 Å². The van der Waals surface area contributed by atoms with Crippen molar-refractivity contribution < 1.29 is 4.74 Å². The lowest BCUT2D eigenvalue weighted by atomic mass is 9.93. The Hall–Kier alpha value is -1.23. The van der Waals surface area contributed by atoms with Crippen LogP contribution in [0.25, 0.3) is 10.9 Å². The molecule has 1 aliphatic rings. The minimum absolute atomic E-state index is 0. The second-order valence-corrected chi connectivity index (χ2v) is 6.01. The number of rotatable bonds is 6. The number of anilines is 1. The Morgan fingerprint density at radius 1 is 1.25 bits per heavy atom. The number of methoxy groups -OCH3 is 1. The lowest BCUT2D eigenvalue weighted by molar-refractivity contribution is 0.350. The van der Waals surface area contributed by atoms with Gasteiger partial charge in [0.05, 0.1) is 18.3 Å². The lowest BCUT2D eigenvalue weighted by Crippen LogP contribution is -2.27. The molecule has 2 aromatic rings. The maximum atomic E-state index is 5.39. The molecule has 0 saturated carbocycles. The zero-order valence-electron chi connectivity index (χ0n) is 14.1. The van der Waals surface area contributed by atoms with Gasteiger partial charge in [-0.3, -0.25) is 4.98 Å². The van der Waals surface area contributed by atoms with Crippen LogP contribution in [-0.4, -0.2) is 31.7 Å². The number of hydrogen-bond donors (Lipinski definition) is 2. The van der Waals surface area contributed by atoms with Crippen molar-refractivity contribution in [2.45, 2.75) is 25.7 Å². The van der Waals surface area contributed by atoms with E-state index in [1.54, 1.807) is 7.11 Å². The van der Waals surface area contributed by atoms with Gasteiger partial charge in [-0.15, -0.1) is 24.8 Å². The fraction of sp³-hybridized carbons (Fsp3) is 0.500. The minimum Gasteiger partial charge on any atom is -0.497 e. The maximum absolute atomic E-state index is 5.39. The van der Waals surface area contributed by atoms with Gasteiger partial charge in [-0.05, 0) is 56.8 Å². The summed E-state index contributed by atoms with van der Waals surface area (Å²) in [6.07, 6.45) is 7.00. The minimum atomic E-state index is 0. The van der Waals surface area contributed by atoms with Crippen LogP contribution < -0.4 is 15.4 Å². The van der Waals surface area contributed by atoms with E-state index in [-0.39, 0.29) is 24.8 Å². The molecule has 134 valence electrons. The molecule has 0 amide bonds. The summed E-state index contributed by atoms with van der Waals surface area (Å²) in [5.41, 5.74) is 2.09. The Morgan fingerprint density at radius 2 is 2.04 bits per heavy atom. The van der Waals surface area contributed by atoms with Crippen LogP contribution in [0.3, 0.4) is 0 Å². The number of fused-ring (bicyclic) bond motifs is 1. The van der Waals surface area contributed by atoms with Crippen molar-refractivity contribution in [3.63, 3.8) is 0 Å². The van der Waals surface area contributed by atoms with E-state index >= 15 is 0 Å². The van der Waals surface area contributed by atoms with Crippen LogP contribution in [0.5, 0.6) is 5.75 Å². The van der Waals surface area contributed by atoms with Crippen molar-refractivity contribution in [1.29, 1.82) is 0 Å². The fourth-order valence-electron chi connectivity index (χ4n) is 3.20. The molecule has 0 aliphatic carbocycles. The average Bonchev–Trinajstić information content (AvgIpc) is 2.59. The molecule has 24 heavy (non-hydrogen) atoms. The molecule has 1 saturated heterocycles. The van der Waals surface area contributed by atoms with Gasteiger partial charge in [-0.2, -0.15) is 0 Å². The summed E-state index contributed by atoms with van der Waals surface area (Å²) in [5, 5.41) is 8.08. The van der Waals surface area contributed by atoms with Gasteiger partial charge in [0.2, 0.25) is 0 Å². The Kier molecular flexibility index (Phi) is 9.19. The molecule has 0 spiro atoms. The molecule has 1 aliphatic heterocycles. The quantitative estimate of drug-likeness (QED) is 0.743. The van der Waals surface area contributed by atoms with Crippen molar-refractivity contribution in [2.75, 3.05) is 32.1 Å². The van der Waals surface area contributed by atoms with Crippen molar-refractivity contribution in [3.05, 3.63) is 30.5 Å². The zero-order chi connectivity index (χ0) is 15.2. The first-order chi connectivity index (χ1) is 10.9. The van der Waals surface area contributed by atoms with Gasteiger partial charge in [-0.1, -0.05) is 6.07 Å². The molecule has 3 rings (SSSR count). The highest BCUT2D eigenvalue weighted by Crippen LogP contribution is 2.28. The Balaban J connectivity index is 0.00000144. The lowest BCUT2D eigenvalue weighted by Gasteiger charge is -2.22. The molecule has 1 aromatic carbocycles. The summed E-state index contributed by atoms with van der Waals surface area (Å²) in [5.74, 6) is 1.77. The van der Waals surface area contributed by atoms with Gasteiger partial charge in [-0.25, -0.2) is 0 Å². The highest BCUT2D eigenvalue weighted by atomic mass is 35.5. The van der Waals surface area contributed by atoms with Crippen molar-refractivity contribution in [3.8, 4) is 5.75 Å². The third-order valence-electron chi connectivity index (χ3n) is 4.48. The second kappa shape index (κ2) is 10.6. The van der Waals surface area contributed by atoms with Crippen LogP contribution in [0.15, 0.2) is 30.5 Å². The first-order valence-electron chi connectivity index (χ1n) is 8.24. The molecule has 2 heterocycles. The highest BCUT2D eigenvalue weighted by Gasteiger charge is 2.12. The number of ether oxygens (including phenoxy) is 1. The van der Waals surface area contributed by atoms with E-state index in [9.17, 15) is 0 Å². The number of hydrogen-bond acceptors (Lipinski definition) is 4. The van der Waals surface area contributed by atoms with Gasteiger partial charge in [0, 0.05) is 24.2 Å². The summed E-state index contributed by atoms with van der Waals surface area (Å²) in [4.78, 5) is 4.50. The van der Waals surface area contributed by atoms with Gasteiger partial charge in [0.15, 0.2) is 0 Å². The van der Waals surface area contributed by atoms with E-state index < -0.39 is 0 Å². The van der Waals surface area contributed by atoms with E-state index in [4.69, 9.17) is 4.74 Å². The number of halogens is 2. The van der Waals surface area contributed by atoms with E-state index in [2.05, 4.69) is 21.7 Å². The number of benzene rings is 1. The average molecular weight is 372 g/mol. The summed E-state index contributed by atoms with van der Waals surface area (Å²) < 4.78 is 5.39. The smallest absolute Gasteiger partial charge is 0.121 e. The molecule has 0 atom stereocenters. The zero-order valence-corrected chi connectivity index (χ0v) is 15.7. The monoisotopic (exact) mass is 371 g/mol. The standard InChI is InChI=1S/C18H25N3O.2ClH/c1-22-16-12-15-5-3-9-21-18(15)17(13-16)20-8-2-4-14-6-10-19-11-7-14;;/h3,5,9,12-14,19-20H,2,4,6-8,10-11H2,1H3;2*1H. The Bertz CT molecular complexity index is 618. The molecular weight excluding hydrogens is 345 g/mol. The summed E-state index contributed by atoms with van der Waals surface area (Å²) >= 11 is 0. The van der Waals surface area contributed by atoms with Crippen LogP contribution in [0.4, 0.5) is 5.69 Å². The number of piperidine rings is 1. The third-order valence-corrected chi connectivity index (χ3v) is 4.48. The molecule has 1 aromatic heterocycles. The predicted octanol–water partition coefficient (Wildman–Crippen LogP) is 4.28. The van der Waals surface area contributed by atoms with Crippen molar-refractivity contribution in [2.24, 2.45) is 5.92 Å². The largest absolute Gasteiger partial charge is 0.497 e. The summed E-state index contributed by atoms with van der Waals surface area (Å²) in [7, 11) is 1.71. The van der Waals surface area contributed by atoms with Crippen LogP contribution in [0.1, 0.15) is 25.7 Å². The van der Waals surface area contributed by atoms with Gasteiger partial charge >= 0.3 is 0 Å². The van der Waals surface area contributed by atoms with Crippen LogP contribution in [-0.2, 0) is 0 Å². The SMILES string of the molecule is COc1cc(NCCCC2CCNCC2)c2ncccc2c1.Cl.Cl. The maximum Gasteiger partial charge on any atom is 0.121 e. The van der Waals surface area contributed by atoms with Gasteiger partial charge in [0.25, 0.3) is 0 Å². The van der Waals surface area contributed by atoms with E-state index in [1.165, 1.54) is 38.8 Å². The molecule has 4 nitrogen and oxygen atoms in total. The highest BCUT2D eigenvalue weighted by molar-refractivity contribution is 5.91. The molecule has 0 radical (unpaired) electrons. The molecule has 2 N–H and O–H groups in total. The van der Waals surface area contributed by atoms with E-state index in [1.807, 2.05) is 24.4 Å². The number of nitrogens with one attached hydrogen (secondary N) is 2. The third kappa shape index (κ3) is 5.40. The van der Waals surface area contributed by atoms with Crippen LogP contribution in [0.2, 0.25) is 0 Å². The Morgan fingerprint density at radius 3 is 2.79 bits per heavy atom. The van der Waals surface area contributed by atoms with Crippen LogP contribution >= 0.6 is 24.8 Å². The summed E-state index contributed by atoms with van der Waals surface area (Å²) in [6.45, 7) is 3.36. The molecule has 0 bridgehead atoms. The first kappa shape index (κ1) is 20.8. The molecule has 6 heteroatoms. The molecule has 1 fully saturated rings. The first-order valence-corrected chi connectivity index (χ1v) is 8.24. The second-order valence-electron chi connectivity index (χ2n) is 6.01. The summed E-state index contributed by atoms with van der Waals surface area (Å²) in [6, 6.07) is 8.11.